The fraction of sp³-hybridized carbons (Fsp3) is 0.444. The Morgan fingerprint density at radius 3 is 2.92 bits per heavy atom. The van der Waals surface area contributed by atoms with Crippen molar-refractivity contribution in [3.05, 3.63) is 23.4 Å². The van der Waals surface area contributed by atoms with Crippen LogP contribution in [-0.4, -0.2) is 48.6 Å². The first-order valence-corrected chi connectivity index (χ1v) is 8.34. The quantitative estimate of drug-likeness (QED) is 0.784. The largest absolute Gasteiger partial charge is 0.497 e. The number of fused-ring (bicyclic) bond motifs is 2. The molecule has 0 bridgehead atoms. The Hall–Kier alpha value is -2.34. The van der Waals surface area contributed by atoms with E-state index >= 15 is 0 Å². The van der Waals surface area contributed by atoms with Gasteiger partial charge in [-0.3, -0.25) is 5.10 Å². The number of anilines is 1. The molecule has 2 aromatic heterocycles. The summed E-state index contributed by atoms with van der Waals surface area (Å²) in [7, 11) is 1.70. The molecule has 4 rings (SSSR count). The first-order chi connectivity index (χ1) is 11.7. The smallest absolute Gasteiger partial charge is 0.183 e. The third kappa shape index (κ3) is 2.38. The number of nitrogens with one attached hydrogen (secondary N) is 1. The van der Waals surface area contributed by atoms with Crippen molar-refractivity contribution in [2.24, 2.45) is 0 Å². The standard InChI is InChI=1S/C18H22N4O2/c1-11-9-13(23-3)10-14-16(11)19-18-15(12(2)20-21-18)17(14)22-5-4-7-24-8-6-22/h9-10H,4-8H2,1-3H3,(H,19,20,21). The maximum absolute atomic E-state index is 5.65. The number of nitrogens with zero attached hydrogens (tertiary/aromatic N) is 3. The van der Waals surface area contributed by atoms with Gasteiger partial charge in [-0.15, -0.1) is 0 Å². The van der Waals surface area contributed by atoms with Gasteiger partial charge in [0, 0.05) is 30.8 Å². The molecule has 0 radical (unpaired) electrons. The van der Waals surface area contributed by atoms with Crippen molar-refractivity contribution in [2.75, 3.05) is 38.3 Å². The number of hydrogen-bond donors (Lipinski definition) is 1. The minimum Gasteiger partial charge on any atom is -0.497 e. The van der Waals surface area contributed by atoms with Crippen LogP contribution in [-0.2, 0) is 4.74 Å². The summed E-state index contributed by atoms with van der Waals surface area (Å²) in [5, 5.41) is 9.71. The van der Waals surface area contributed by atoms with E-state index in [1.54, 1.807) is 7.11 Å². The second-order valence-corrected chi connectivity index (χ2v) is 6.30. The number of benzene rings is 1. The van der Waals surface area contributed by atoms with Crippen LogP contribution in [0.1, 0.15) is 17.7 Å². The predicted octanol–water partition coefficient (Wildman–Crippen LogP) is 2.96. The molecule has 1 aliphatic heterocycles. The molecule has 6 heteroatoms. The Bertz CT molecular complexity index is 895. The van der Waals surface area contributed by atoms with Gasteiger partial charge in [0.1, 0.15) is 5.75 Å². The molecule has 0 spiro atoms. The fourth-order valence-electron chi connectivity index (χ4n) is 3.51. The highest BCUT2D eigenvalue weighted by atomic mass is 16.5. The molecule has 0 saturated carbocycles. The molecule has 1 aliphatic rings. The van der Waals surface area contributed by atoms with E-state index in [1.807, 2.05) is 13.0 Å². The van der Waals surface area contributed by atoms with Crippen molar-refractivity contribution >= 4 is 27.6 Å². The van der Waals surface area contributed by atoms with Gasteiger partial charge in [-0.1, -0.05) is 0 Å². The van der Waals surface area contributed by atoms with E-state index in [0.29, 0.717) is 0 Å². The van der Waals surface area contributed by atoms with E-state index < -0.39 is 0 Å². The summed E-state index contributed by atoms with van der Waals surface area (Å²) in [5.41, 5.74) is 5.08. The average Bonchev–Trinajstić information content (AvgIpc) is 2.79. The molecule has 1 fully saturated rings. The molecular weight excluding hydrogens is 304 g/mol. The average molecular weight is 326 g/mol. The number of aromatic amines is 1. The number of rotatable bonds is 2. The highest BCUT2D eigenvalue weighted by Crippen LogP contribution is 2.38. The minimum atomic E-state index is 0.741. The molecule has 1 saturated heterocycles. The van der Waals surface area contributed by atoms with Gasteiger partial charge in [0.05, 0.1) is 30.3 Å². The van der Waals surface area contributed by atoms with Gasteiger partial charge in [-0.2, -0.15) is 5.10 Å². The third-order valence-electron chi connectivity index (χ3n) is 4.69. The second kappa shape index (κ2) is 5.94. The SMILES string of the molecule is COc1cc(C)c2nc3n[nH]c(C)c3c(N3CCCOCC3)c2c1. The van der Waals surface area contributed by atoms with Crippen LogP contribution >= 0.6 is 0 Å². The molecule has 24 heavy (non-hydrogen) atoms. The van der Waals surface area contributed by atoms with Gasteiger partial charge in [0.15, 0.2) is 5.65 Å². The Morgan fingerprint density at radius 2 is 2.08 bits per heavy atom. The Balaban J connectivity index is 2.07. The molecular formula is C18H22N4O2. The predicted molar refractivity (Wildman–Crippen MR) is 95.1 cm³/mol. The molecule has 1 aromatic carbocycles. The van der Waals surface area contributed by atoms with Crippen molar-refractivity contribution < 1.29 is 9.47 Å². The summed E-state index contributed by atoms with van der Waals surface area (Å²) in [4.78, 5) is 7.20. The van der Waals surface area contributed by atoms with Crippen LogP contribution in [0.3, 0.4) is 0 Å². The topological polar surface area (TPSA) is 63.3 Å². The first-order valence-electron chi connectivity index (χ1n) is 8.34. The van der Waals surface area contributed by atoms with Gasteiger partial charge in [-0.25, -0.2) is 4.98 Å². The summed E-state index contributed by atoms with van der Waals surface area (Å²) >= 11 is 0. The van der Waals surface area contributed by atoms with Gasteiger partial charge in [-0.05, 0) is 38.0 Å². The molecule has 3 heterocycles. The molecule has 6 nitrogen and oxygen atoms in total. The molecule has 0 atom stereocenters. The number of ether oxygens (including phenoxy) is 2. The Morgan fingerprint density at radius 1 is 1.21 bits per heavy atom. The zero-order valence-electron chi connectivity index (χ0n) is 14.3. The van der Waals surface area contributed by atoms with Crippen LogP contribution < -0.4 is 9.64 Å². The van der Waals surface area contributed by atoms with Crippen LogP contribution in [0.4, 0.5) is 5.69 Å². The summed E-state index contributed by atoms with van der Waals surface area (Å²) in [6, 6.07) is 4.11. The van der Waals surface area contributed by atoms with Crippen LogP contribution in [0.15, 0.2) is 12.1 Å². The number of methoxy groups -OCH3 is 1. The molecule has 3 aromatic rings. The molecule has 0 amide bonds. The van der Waals surface area contributed by atoms with Crippen molar-refractivity contribution in [2.45, 2.75) is 20.3 Å². The highest BCUT2D eigenvalue weighted by Gasteiger charge is 2.21. The van der Waals surface area contributed by atoms with Gasteiger partial charge >= 0.3 is 0 Å². The van der Waals surface area contributed by atoms with Crippen LogP contribution in [0.5, 0.6) is 5.75 Å². The van der Waals surface area contributed by atoms with E-state index in [1.165, 1.54) is 5.69 Å². The van der Waals surface area contributed by atoms with Crippen molar-refractivity contribution in [1.82, 2.24) is 15.2 Å². The van der Waals surface area contributed by atoms with Gasteiger partial charge in [0.2, 0.25) is 0 Å². The minimum absolute atomic E-state index is 0.741. The van der Waals surface area contributed by atoms with E-state index in [0.717, 1.165) is 71.7 Å². The molecule has 1 N–H and O–H groups in total. The van der Waals surface area contributed by atoms with Crippen molar-refractivity contribution in [1.29, 1.82) is 0 Å². The lowest BCUT2D eigenvalue weighted by Gasteiger charge is -2.25. The lowest BCUT2D eigenvalue weighted by atomic mass is 10.0. The molecule has 0 aliphatic carbocycles. The Kier molecular flexibility index (Phi) is 3.76. The number of H-pyrrole nitrogens is 1. The summed E-state index contributed by atoms with van der Waals surface area (Å²) < 4.78 is 11.1. The first kappa shape index (κ1) is 15.2. The number of aromatic nitrogens is 3. The van der Waals surface area contributed by atoms with Crippen LogP contribution in [0.25, 0.3) is 21.9 Å². The normalized spacial score (nSPS) is 15.9. The van der Waals surface area contributed by atoms with Crippen LogP contribution in [0, 0.1) is 13.8 Å². The van der Waals surface area contributed by atoms with Crippen molar-refractivity contribution in [3.63, 3.8) is 0 Å². The van der Waals surface area contributed by atoms with E-state index in [-0.39, 0.29) is 0 Å². The second-order valence-electron chi connectivity index (χ2n) is 6.30. The monoisotopic (exact) mass is 326 g/mol. The maximum Gasteiger partial charge on any atom is 0.183 e. The van der Waals surface area contributed by atoms with E-state index in [4.69, 9.17) is 14.5 Å². The lowest BCUT2D eigenvalue weighted by molar-refractivity contribution is 0.152. The zero-order chi connectivity index (χ0) is 16.7. The zero-order valence-corrected chi connectivity index (χ0v) is 14.3. The van der Waals surface area contributed by atoms with E-state index in [2.05, 4.69) is 28.1 Å². The van der Waals surface area contributed by atoms with Gasteiger partial charge in [0.25, 0.3) is 0 Å². The molecule has 126 valence electrons. The summed E-state index contributed by atoms with van der Waals surface area (Å²) in [6.07, 6.45) is 1.02. The number of hydrogen-bond acceptors (Lipinski definition) is 5. The number of aryl methyl sites for hydroxylation is 2. The van der Waals surface area contributed by atoms with E-state index in [9.17, 15) is 0 Å². The summed E-state index contributed by atoms with van der Waals surface area (Å²) in [6.45, 7) is 7.51. The fourth-order valence-corrected chi connectivity index (χ4v) is 3.51. The van der Waals surface area contributed by atoms with Gasteiger partial charge < -0.3 is 14.4 Å². The van der Waals surface area contributed by atoms with Crippen LogP contribution in [0.2, 0.25) is 0 Å². The maximum atomic E-state index is 5.65. The van der Waals surface area contributed by atoms with Crippen molar-refractivity contribution in [3.8, 4) is 5.75 Å². The highest BCUT2D eigenvalue weighted by molar-refractivity contribution is 6.09. The third-order valence-corrected chi connectivity index (χ3v) is 4.69. The Labute approximate surface area is 140 Å². The molecule has 0 unspecified atom stereocenters. The lowest BCUT2D eigenvalue weighted by Crippen LogP contribution is -2.26. The summed E-state index contributed by atoms with van der Waals surface area (Å²) in [5.74, 6) is 0.856. The number of pyridine rings is 1.